The molecule has 1 atom stereocenters. The smallest absolute Gasteiger partial charge is 0.406 e. The Bertz CT molecular complexity index is 819. The molecule has 4 nitrogen and oxygen atoms in total. The summed E-state index contributed by atoms with van der Waals surface area (Å²) in [6, 6.07) is 11.6. The van der Waals surface area contributed by atoms with Crippen molar-refractivity contribution in [3.05, 3.63) is 59.1 Å². The lowest BCUT2D eigenvalue weighted by atomic mass is 9.98. The molecule has 2 aromatic rings. The van der Waals surface area contributed by atoms with E-state index >= 15 is 0 Å². The number of hydrogen-bond acceptors (Lipinski definition) is 3. The van der Waals surface area contributed by atoms with E-state index in [4.69, 9.17) is 11.6 Å². The standard InChI is InChI=1S/C18H13ClF3NO3/c19-13-3-1-11(2-4-13)9-12-10-16(24)23(17(12)25)14-5-7-15(8-6-14)26-18(20,21)22/h1-8,12H,9-10H2/t12-/m0/s1. The van der Waals surface area contributed by atoms with Gasteiger partial charge in [-0.1, -0.05) is 23.7 Å². The summed E-state index contributed by atoms with van der Waals surface area (Å²) >= 11 is 5.83. The Kier molecular flexibility index (Phi) is 4.91. The number of benzene rings is 2. The first-order valence-corrected chi connectivity index (χ1v) is 8.08. The highest BCUT2D eigenvalue weighted by molar-refractivity contribution is 6.30. The Morgan fingerprint density at radius 3 is 2.23 bits per heavy atom. The van der Waals surface area contributed by atoms with Gasteiger partial charge in [0.1, 0.15) is 5.75 Å². The van der Waals surface area contributed by atoms with Gasteiger partial charge in [0, 0.05) is 11.4 Å². The second-order valence-corrected chi connectivity index (χ2v) is 6.28. The lowest BCUT2D eigenvalue weighted by Crippen LogP contribution is -2.30. The summed E-state index contributed by atoms with van der Waals surface area (Å²) in [5.41, 5.74) is 1.09. The van der Waals surface area contributed by atoms with Gasteiger partial charge >= 0.3 is 6.36 Å². The minimum Gasteiger partial charge on any atom is -0.406 e. The molecule has 0 bridgehead atoms. The van der Waals surface area contributed by atoms with Gasteiger partial charge in [-0.3, -0.25) is 14.5 Å². The molecule has 1 heterocycles. The van der Waals surface area contributed by atoms with E-state index < -0.39 is 23.9 Å². The van der Waals surface area contributed by atoms with Crippen molar-refractivity contribution in [2.75, 3.05) is 4.90 Å². The number of hydrogen-bond donors (Lipinski definition) is 0. The summed E-state index contributed by atoms with van der Waals surface area (Å²) in [4.78, 5) is 25.8. The zero-order valence-electron chi connectivity index (χ0n) is 13.3. The quantitative estimate of drug-likeness (QED) is 0.737. The van der Waals surface area contributed by atoms with E-state index in [1.54, 1.807) is 24.3 Å². The van der Waals surface area contributed by atoms with E-state index in [-0.39, 0.29) is 18.0 Å². The predicted molar refractivity (Wildman–Crippen MR) is 88.9 cm³/mol. The second-order valence-electron chi connectivity index (χ2n) is 5.84. The summed E-state index contributed by atoms with van der Waals surface area (Å²) in [5.74, 6) is -1.71. The maximum absolute atomic E-state index is 12.6. The normalized spacial score (nSPS) is 17.7. The van der Waals surface area contributed by atoms with Gasteiger partial charge in [-0.15, -0.1) is 13.2 Å². The highest BCUT2D eigenvalue weighted by Crippen LogP contribution is 2.31. The van der Waals surface area contributed by atoms with Gasteiger partial charge < -0.3 is 4.74 Å². The molecule has 3 rings (SSSR count). The van der Waals surface area contributed by atoms with Crippen LogP contribution in [0.25, 0.3) is 0 Å². The molecule has 0 radical (unpaired) electrons. The lowest BCUT2D eigenvalue weighted by Gasteiger charge is -2.16. The molecule has 1 aliphatic heterocycles. The molecule has 136 valence electrons. The van der Waals surface area contributed by atoms with Crippen LogP contribution in [0.3, 0.4) is 0 Å². The number of carbonyl (C=O) groups excluding carboxylic acids is 2. The fraction of sp³-hybridized carbons (Fsp3) is 0.222. The number of nitrogens with zero attached hydrogens (tertiary/aromatic N) is 1. The van der Waals surface area contributed by atoms with Crippen LogP contribution < -0.4 is 9.64 Å². The van der Waals surface area contributed by atoms with Crippen molar-refractivity contribution in [3.63, 3.8) is 0 Å². The average Bonchev–Trinajstić information content (AvgIpc) is 2.83. The third-order valence-electron chi connectivity index (χ3n) is 3.96. The molecule has 1 aliphatic rings. The Balaban J connectivity index is 1.73. The van der Waals surface area contributed by atoms with Crippen LogP contribution in [0, 0.1) is 5.92 Å². The third kappa shape index (κ3) is 4.16. The molecular weight excluding hydrogens is 371 g/mol. The van der Waals surface area contributed by atoms with Crippen molar-refractivity contribution < 1.29 is 27.5 Å². The van der Waals surface area contributed by atoms with E-state index in [0.717, 1.165) is 22.6 Å². The molecule has 1 fully saturated rings. The van der Waals surface area contributed by atoms with E-state index in [2.05, 4.69) is 4.74 Å². The topological polar surface area (TPSA) is 46.6 Å². The third-order valence-corrected chi connectivity index (χ3v) is 4.22. The Morgan fingerprint density at radius 2 is 1.65 bits per heavy atom. The maximum Gasteiger partial charge on any atom is 0.573 e. The molecule has 0 unspecified atom stereocenters. The molecule has 26 heavy (non-hydrogen) atoms. The van der Waals surface area contributed by atoms with Gasteiger partial charge in [-0.05, 0) is 48.4 Å². The second kappa shape index (κ2) is 6.99. The first kappa shape index (κ1) is 18.3. The van der Waals surface area contributed by atoms with E-state index in [9.17, 15) is 22.8 Å². The number of carbonyl (C=O) groups is 2. The fourth-order valence-corrected chi connectivity index (χ4v) is 2.95. The predicted octanol–water partition coefficient (Wildman–Crippen LogP) is 4.36. The van der Waals surface area contributed by atoms with Crippen LogP contribution in [0.5, 0.6) is 5.75 Å². The summed E-state index contributed by atoms with van der Waals surface area (Å²) in [7, 11) is 0. The molecule has 2 amide bonds. The molecule has 0 aliphatic carbocycles. The van der Waals surface area contributed by atoms with Crippen LogP contribution in [-0.4, -0.2) is 18.2 Å². The highest BCUT2D eigenvalue weighted by atomic mass is 35.5. The van der Waals surface area contributed by atoms with E-state index in [1.807, 2.05) is 0 Å². The van der Waals surface area contributed by atoms with E-state index in [0.29, 0.717) is 11.4 Å². The van der Waals surface area contributed by atoms with Crippen molar-refractivity contribution in [3.8, 4) is 5.75 Å². The van der Waals surface area contributed by atoms with Gasteiger partial charge in [0.05, 0.1) is 11.6 Å². The van der Waals surface area contributed by atoms with Gasteiger partial charge in [-0.2, -0.15) is 0 Å². The Hall–Kier alpha value is -2.54. The van der Waals surface area contributed by atoms with Crippen LogP contribution in [0.15, 0.2) is 48.5 Å². The molecule has 0 aromatic heterocycles. The molecule has 8 heteroatoms. The van der Waals surface area contributed by atoms with Crippen molar-refractivity contribution in [1.82, 2.24) is 0 Å². The first-order valence-electron chi connectivity index (χ1n) is 7.70. The highest BCUT2D eigenvalue weighted by Gasteiger charge is 2.39. The van der Waals surface area contributed by atoms with Gasteiger partial charge in [-0.25, -0.2) is 0 Å². The summed E-state index contributed by atoms with van der Waals surface area (Å²) in [5, 5.41) is 0.574. The zero-order chi connectivity index (χ0) is 18.9. The fourth-order valence-electron chi connectivity index (χ4n) is 2.83. The van der Waals surface area contributed by atoms with Crippen LogP contribution >= 0.6 is 11.6 Å². The molecule has 0 N–H and O–H groups in total. The van der Waals surface area contributed by atoms with Gasteiger partial charge in [0.25, 0.3) is 0 Å². The van der Waals surface area contributed by atoms with Gasteiger partial charge in [0.2, 0.25) is 11.8 Å². The monoisotopic (exact) mass is 383 g/mol. The number of anilines is 1. The van der Waals surface area contributed by atoms with Crippen LogP contribution in [0.1, 0.15) is 12.0 Å². The Morgan fingerprint density at radius 1 is 1.04 bits per heavy atom. The minimum atomic E-state index is -4.80. The molecule has 1 saturated heterocycles. The first-order chi connectivity index (χ1) is 12.2. The lowest BCUT2D eigenvalue weighted by molar-refractivity contribution is -0.274. The zero-order valence-corrected chi connectivity index (χ0v) is 14.1. The largest absolute Gasteiger partial charge is 0.573 e. The maximum atomic E-state index is 12.6. The Labute approximate surface area is 152 Å². The van der Waals surface area contributed by atoms with Crippen LogP contribution in [-0.2, 0) is 16.0 Å². The number of ether oxygens (including phenoxy) is 1. The van der Waals surface area contributed by atoms with Gasteiger partial charge in [0.15, 0.2) is 0 Å². The molecule has 0 spiro atoms. The number of alkyl halides is 3. The van der Waals surface area contributed by atoms with Crippen LogP contribution in [0.4, 0.5) is 18.9 Å². The number of rotatable bonds is 4. The van der Waals surface area contributed by atoms with Crippen molar-refractivity contribution in [1.29, 1.82) is 0 Å². The minimum absolute atomic E-state index is 0.0439. The summed E-state index contributed by atoms with van der Waals surface area (Å²) in [6.45, 7) is 0. The molecule has 0 saturated carbocycles. The SMILES string of the molecule is O=C1C[C@H](Cc2ccc(Cl)cc2)C(=O)N1c1ccc(OC(F)(F)F)cc1. The van der Waals surface area contributed by atoms with Crippen LogP contribution in [0.2, 0.25) is 5.02 Å². The van der Waals surface area contributed by atoms with Crippen molar-refractivity contribution in [2.45, 2.75) is 19.2 Å². The summed E-state index contributed by atoms with van der Waals surface area (Å²) in [6.07, 6.45) is -4.37. The van der Waals surface area contributed by atoms with E-state index in [1.165, 1.54) is 12.1 Å². The summed E-state index contributed by atoms with van der Waals surface area (Å²) < 4.78 is 40.4. The van der Waals surface area contributed by atoms with Crippen molar-refractivity contribution in [2.24, 2.45) is 5.92 Å². The number of imide groups is 1. The average molecular weight is 384 g/mol. The number of halogens is 4. The number of amides is 2. The van der Waals surface area contributed by atoms with Crippen molar-refractivity contribution >= 4 is 29.1 Å². The molecular formula is C18H13ClF3NO3. The molecule has 2 aromatic carbocycles.